The number of aromatic nitrogens is 3. The molecule has 340 valence electrons. The summed E-state index contributed by atoms with van der Waals surface area (Å²) in [6, 6.07) is 14.3. The van der Waals surface area contributed by atoms with Crippen LogP contribution in [0.4, 0.5) is 0 Å². The van der Waals surface area contributed by atoms with Crippen molar-refractivity contribution in [1.82, 2.24) is 15.0 Å². The highest BCUT2D eigenvalue weighted by atomic mass is 32.2. The van der Waals surface area contributed by atoms with Crippen LogP contribution < -0.4 is 4.74 Å². The van der Waals surface area contributed by atoms with Gasteiger partial charge in [-0.1, -0.05) is 35.0 Å². The van der Waals surface area contributed by atoms with Crippen LogP contribution in [-0.2, 0) is 86.2 Å². The number of aryl methyl sites for hydroxylation is 1. The predicted octanol–water partition coefficient (Wildman–Crippen LogP) is 3.27. The second-order valence-corrected chi connectivity index (χ2v) is 14.5. The summed E-state index contributed by atoms with van der Waals surface area (Å²) >= 11 is 0. The first-order chi connectivity index (χ1) is 29.5. The first kappa shape index (κ1) is 51.2. The second-order valence-electron chi connectivity index (χ2n) is 12.9. The Balaban J connectivity index is 0.961. The molecule has 18 nitrogen and oxygen atoms in total. The van der Waals surface area contributed by atoms with Crippen molar-refractivity contribution in [2.24, 2.45) is 0 Å². The van der Waals surface area contributed by atoms with Gasteiger partial charge in [-0.15, -0.1) is 5.10 Å². The Labute approximate surface area is 355 Å². The van der Waals surface area contributed by atoms with Gasteiger partial charge in [-0.25, -0.2) is 4.68 Å². The summed E-state index contributed by atoms with van der Waals surface area (Å²) in [5.74, 6) is 0.838. The third kappa shape index (κ3) is 26.2. The topological polar surface area (TPSA) is 185 Å². The monoisotopic (exact) mass is 871 g/mol. The third-order valence-electron chi connectivity index (χ3n) is 8.06. The van der Waals surface area contributed by atoms with E-state index in [4.69, 9.17) is 61.0 Å². The van der Waals surface area contributed by atoms with Gasteiger partial charge >= 0.3 is 0 Å². The number of hydrogen-bond donors (Lipinski definition) is 0. The average Bonchev–Trinajstić information content (AvgIpc) is 3.71. The van der Waals surface area contributed by atoms with Crippen LogP contribution in [0.2, 0.25) is 0 Å². The van der Waals surface area contributed by atoms with Crippen molar-refractivity contribution in [1.29, 1.82) is 0 Å². The number of nitrogens with zero attached hydrogens (tertiary/aromatic N) is 3. The van der Waals surface area contributed by atoms with Gasteiger partial charge in [0.2, 0.25) is 0 Å². The molecule has 3 rings (SSSR count). The molecule has 0 fully saturated rings. The maximum atomic E-state index is 12.1. The number of rotatable bonds is 41. The molecular weight excluding hydrogens is 807 g/mol. The largest absolute Gasteiger partial charge is 0.497 e. The maximum absolute atomic E-state index is 12.1. The molecule has 60 heavy (non-hydrogen) atoms. The molecule has 2 aromatic carbocycles. The van der Waals surface area contributed by atoms with Gasteiger partial charge in [0.05, 0.1) is 163 Å². The third-order valence-corrected chi connectivity index (χ3v) is 9.38. The summed E-state index contributed by atoms with van der Waals surface area (Å²) < 4.78 is 97.0. The standard InChI is InChI=1S/C41H65N3O15S/c1-37-4-10-41(11-5-37)60(45,46)59-33-32-56-29-28-54-25-24-52-23-21-51-19-17-49-15-12-44-34-39(42-43-44)36-58-31-30-55-27-26-53-22-20-50-18-16-48-13-3-14-57-35-38-6-8-40(47-2)9-7-38/h4-11,34H,3,12-33,35-36H2,1-2H3. The van der Waals surface area contributed by atoms with Crippen molar-refractivity contribution in [3.8, 4) is 5.75 Å². The highest BCUT2D eigenvalue weighted by Crippen LogP contribution is 2.13. The number of ether oxygens (including phenoxy) is 12. The van der Waals surface area contributed by atoms with Crippen LogP contribution in [0.25, 0.3) is 0 Å². The van der Waals surface area contributed by atoms with Crippen molar-refractivity contribution in [3.05, 3.63) is 71.5 Å². The summed E-state index contributed by atoms with van der Waals surface area (Å²) in [4.78, 5) is 0.124. The smallest absolute Gasteiger partial charge is 0.297 e. The molecule has 0 amide bonds. The minimum atomic E-state index is -3.79. The van der Waals surface area contributed by atoms with Crippen LogP contribution in [0.15, 0.2) is 59.6 Å². The van der Waals surface area contributed by atoms with Gasteiger partial charge in [-0.3, -0.25) is 4.18 Å². The Morgan fingerprint density at radius 2 is 0.933 bits per heavy atom. The molecule has 1 aromatic heterocycles. The SMILES string of the molecule is COc1ccc(COCCCOCCOCCOCCOCCOCc2cn(CCOCCOCCOCCOCCOCCOS(=O)(=O)c3ccc(C)cc3)nn2)cc1. The minimum Gasteiger partial charge on any atom is -0.497 e. The van der Waals surface area contributed by atoms with Gasteiger partial charge in [0.15, 0.2) is 0 Å². The number of hydrogen-bond acceptors (Lipinski definition) is 17. The Hall–Kier alpha value is -3.15. The lowest BCUT2D eigenvalue weighted by atomic mass is 10.2. The molecule has 3 aromatic rings. The molecule has 19 heteroatoms. The van der Waals surface area contributed by atoms with E-state index in [2.05, 4.69) is 10.3 Å². The van der Waals surface area contributed by atoms with E-state index in [-0.39, 0.29) is 18.1 Å². The molecule has 1 heterocycles. The zero-order valence-corrected chi connectivity index (χ0v) is 36.1. The molecule has 0 radical (unpaired) electrons. The van der Waals surface area contributed by atoms with Crippen LogP contribution in [0.5, 0.6) is 5.75 Å². The lowest BCUT2D eigenvalue weighted by Gasteiger charge is -2.08. The lowest BCUT2D eigenvalue weighted by molar-refractivity contribution is -0.0140. The molecule has 0 spiro atoms. The van der Waals surface area contributed by atoms with E-state index >= 15 is 0 Å². The fraction of sp³-hybridized carbons (Fsp3) is 0.659. The summed E-state index contributed by atoms with van der Waals surface area (Å²) in [7, 11) is -2.13. The molecule has 0 bridgehead atoms. The van der Waals surface area contributed by atoms with E-state index in [0.717, 1.165) is 29.0 Å². The van der Waals surface area contributed by atoms with E-state index in [0.29, 0.717) is 145 Å². The minimum absolute atomic E-state index is 0.0663. The quantitative estimate of drug-likeness (QED) is 0.0597. The van der Waals surface area contributed by atoms with E-state index in [1.165, 1.54) is 12.1 Å². The summed E-state index contributed by atoms with van der Waals surface area (Å²) in [6.07, 6.45) is 2.66. The van der Waals surface area contributed by atoms with Gasteiger partial charge < -0.3 is 56.8 Å². The van der Waals surface area contributed by atoms with E-state index in [1.807, 2.05) is 37.4 Å². The summed E-state index contributed by atoms with van der Waals surface area (Å²) in [5.41, 5.74) is 2.82. The molecule has 0 atom stereocenters. The van der Waals surface area contributed by atoms with Crippen molar-refractivity contribution in [2.75, 3.05) is 146 Å². The summed E-state index contributed by atoms with van der Waals surface area (Å²) in [6.45, 7) is 12.4. The molecule has 0 aliphatic heterocycles. The molecule has 0 N–H and O–H groups in total. The highest BCUT2D eigenvalue weighted by Gasteiger charge is 2.14. The molecule has 0 aliphatic carbocycles. The molecule has 0 saturated heterocycles. The van der Waals surface area contributed by atoms with Gasteiger partial charge in [-0.2, -0.15) is 8.42 Å². The fourth-order valence-corrected chi connectivity index (χ4v) is 5.75. The van der Waals surface area contributed by atoms with Crippen molar-refractivity contribution in [3.63, 3.8) is 0 Å². The van der Waals surface area contributed by atoms with Crippen LogP contribution in [0, 0.1) is 6.92 Å². The predicted molar refractivity (Wildman–Crippen MR) is 219 cm³/mol. The average molecular weight is 872 g/mol. The second kappa shape index (κ2) is 34.4. The first-order valence-electron chi connectivity index (χ1n) is 20.3. The highest BCUT2D eigenvalue weighted by molar-refractivity contribution is 7.86. The van der Waals surface area contributed by atoms with Gasteiger partial charge in [0.25, 0.3) is 10.1 Å². The first-order valence-corrected chi connectivity index (χ1v) is 21.7. The fourth-order valence-electron chi connectivity index (χ4n) is 4.86. The van der Waals surface area contributed by atoms with Crippen LogP contribution >= 0.6 is 0 Å². The van der Waals surface area contributed by atoms with Crippen molar-refractivity contribution >= 4 is 10.1 Å². The Bertz CT molecular complexity index is 1550. The van der Waals surface area contributed by atoms with E-state index in [1.54, 1.807) is 23.9 Å². The lowest BCUT2D eigenvalue weighted by Crippen LogP contribution is -2.15. The van der Waals surface area contributed by atoms with Crippen LogP contribution in [-0.4, -0.2) is 169 Å². The normalized spacial score (nSPS) is 11.8. The maximum Gasteiger partial charge on any atom is 0.297 e. The molecule has 0 saturated carbocycles. The van der Waals surface area contributed by atoms with Crippen molar-refractivity contribution in [2.45, 2.75) is 38.0 Å². The zero-order valence-electron chi connectivity index (χ0n) is 35.2. The number of benzene rings is 2. The Morgan fingerprint density at radius 1 is 0.500 bits per heavy atom. The molecule has 0 unspecified atom stereocenters. The van der Waals surface area contributed by atoms with Gasteiger partial charge in [0, 0.05) is 13.2 Å². The van der Waals surface area contributed by atoms with Gasteiger partial charge in [-0.05, 0) is 43.2 Å². The molecule has 0 aliphatic rings. The number of methoxy groups -OCH3 is 1. The van der Waals surface area contributed by atoms with E-state index in [9.17, 15) is 8.42 Å². The molecular formula is C41H65N3O15S. The van der Waals surface area contributed by atoms with Crippen LogP contribution in [0.3, 0.4) is 0 Å². The van der Waals surface area contributed by atoms with Gasteiger partial charge in [0.1, 0.15) is 11.4 Å². The Morgan fingerprint density at radius 3 is 1.45 bits per heavy atom. The summed E-state index contributed by atoms with van der Waals surface area (Å²) in [5, 5.41) is 8.23. The van der Waals surface area contributed by atoms with Crippen molar-refractivity contribution < 1.29 is 69.4 Å². The Kier molecular flexibility index (Phi) is 29.4. The van der Waals surface area contributed by atoms with E-state index < -0.39 is 10.1 Å². The van der Waals surface area contributed by atoms with Crippen LogP contribution in [0.1, 0.15) is 23.2 Å². The zero-order chi connectivity index (χ0) is 42.6.